The normalized spacial score (nSPS) is 14.2. The molecule has 1 N–H and O–H groups in total. The standard InChI is InChI=1S/C23H23F3N2O5/c1-3-32-14-6-13-28-21(29)19(17-7-4-5-8-18(17)31-2)20(22(28)30)27-15-9-11-16(12-10-15)33-23(24,25)26/h4-5,7-12,27H,3,6,13-14H2,1-2H3. The molecule has 0 atom stereocenters. The van der Waals surface area contributed by atoms with Crippen LogP contribution in [0.4, 0.5) is 18.9 Å². The van der Waals surface area contributed by atoms with E-state index in [2.05, 4.69) is 10.1 Å². The molecule has 10 heteroatoms. The number of nitrogens with one attached hydrogen (secondary N) is 1. The number of anilines is 1. The summed E-state index contributed by atoms with van der Waals surface area (Å²) in [5.41, 5.74) is 0.851. The third kappa shape index (κ3) is 5.83. The van der Waals surface area contributed by atoms with Crippen molar-refractivity contribution >= 4 is 23.1 Å². The number of ether oxygens (including phenoxy) is 3. The Morgan fingerprint density at radius 2 is 1.70 bits per heavy atom. The number of nitrogens with zero attached hydrogens (tertiary/aromatic N) is 1. The minimum absolute atomic E-state index is 0.00500. The number of amides is 2. The molecular weight excluding hydrogens is 441 g/mol. The third-order valence-electron chi connectivity index (χ3n) is 4.78. The lowest BCUT2D eigenvalue weighted by atomic mass is 10.0. The summed E-state index contributed by atoms with van der Waals surface area (Å²) in [4.78, 5) is 27.5. The first-order valence-corrected chi connectivity index (χ1v) is 10.2. The summed E-state index contributed by atoms with van der Waals surface area (Å²) < 4.78 is 51.8. The van der Waals surface area contributed by atoms with Crippen LogP contribution in [0.2, 0.25) is 0 Å². The predicted octanol–water partition coefficient (Wildman–Crippen LogP) is 4.21. The van der Waals surface area contributed by atoms with Crippen molar-refractivity contribution in [1.29, 1.82) is 0 Å². The Hall–Kier alpha value is -3.53. The second-order valence-corrected chi connectivity index (χ2v) is 6.96. The molecule has 0 saturated carbocycles. The zero-order chi connectivity index (χ0) is 24.0. The Labute approximate surface area is 188 Å². The summed E-state index contributed by atoms with van der Waals surface area (Å²) in [6.07, 6.45) is -4.36. The molecule has 176 valence electrons. The van der Waals surface area contributed by atoms with Crippen LogP contribution >= 0.6 is 0 Å². The zero-order valence-corrected chi connectivity index (χ0v) is 18.1. The highest BCUT2D eigenvalue weighted by Crippen LogP contribution is 2.35. The van der Waals surface area contributed by atoms with E-state index in [1.807, 2.05) is 6.92 Å². The van der Waals surface area contributed by atoms with Gasteiger partial charge in [0.05, 0.1) is 12.7 Å². The molecule has 0 bridgehead atoms. The smallest absolute Gasteiger partial charge is 0.496 e. The molecule has 0 aromatic heterocycles. The van der Waals surface area contributed by atoms with Crippen LogP contribution in [0.25, 0.3) is 5.57 Å². The molecule has 0 aliphatic carbocycles. The first-order valence-electron chi connectivity index (χ1n) is 10.2. The van der Waals surface area contributed by atoms with Gasteiger partial charge in [-0.1, -0.05) is 18.2 Å². The highest BCUT2D eigenvalue weighted by Gasteiger charge is 2.40. The number of carbonyl (C=O) groups is 2. The van der Waals surface area contributed by atoms with E-state index in [9.17, 15) is 22.8 Å². The predicted molar refractivity (Wildman–Crippen MR) is 114 cm³/mol. The summed E-state index contributed by atoms with van der Waals surface area (Å²) in [7, 11) is 1.45. The second-order valence-electron chi connectivity index (χ2n) is 6.96. The van der Waals surface area contributed by atoms with Gasteiger partial charge in [0.15, 0.2) is 0 Å². The average molecular weight is 464 g/mol. The maximum absolute atomic E-state index is 13.2. The molecule has 7 nitrogen and oxygen atoms in total. The van der Waals surface area contributed by atoms with Gasteiger partial charge in [-0.05, 0) is 43.7 Å². The van der Waals surface area contributed by atoms with Gasteiger partial charge in [0.1, 0.15) is 17.2 Å². The number of hydrogen-bond donors (Lipinski definition) is 1. The quantitative estimate of drug-likeness (QED) is 0.419. The lowest BCUT2D eigenvalue weighted by molar-refractivity contribution is -0.274. The molecular formula is C23H23F3N2O5. The van der Waals surface area contributed by atoms with Crippen molar-refractivity contribution in [2.75, 3.05) is 32.2 Å². The van der Waals surface area contributed by atoms with Gasteiger partial charge < -0.3 is 19.5 Å². The number of imide groups is 1. The molecule has 2 amide bonds. The monoisotopic (exact) mass is 464 g/mol. The number of benzene rings is 2. The molecule has 3 rings (SSSR count). The van der Waals surface area contributed by atoms with Crippen LogP contribution in [-0.2, 0) is 14.3 Å². The minimum Gasteiger partial charge on any atom is -0.496 e. The molecule has 0 radical (unpaired) electrons. The maximum atomic E-state index is 13.2. The average Bonchev–Trinajstić information content (AvgIpc) is 3.00. The van der Waals surface area contributed by atoms with Gasteiger partial charge in [-0.15, -0.1) is 13.2 Å². The highest BCUT2D eigenvalue weighted by atomic mass is 19.4. The van der Waals surface area contributed by atoms with Crippen LogP contribution in [0.1, 0.15) is 18.9 Å². The van der Waals surface area contributed by atoms with Crippen molar-refractivity contribution in [3.8, 4) is 11.5 Å². The topological polar surface area (TPSA) is 77.1 Å². The number of methoxy groups -OCH3 is 1. The van der Waals surface area contributed by atoms with Crippen LogP contribution < -0.4 is 14.8 Å². The second kappa shape index (κ2) is 10.4. The van der Waals surface area contributed by atoms with Crippen molar-refractivity contribution in [2.45, 2.75) is 19.7 Å². The van der Waals surface area contributed by atoms with Gasteiger partial charge >= 0.3 is 6.36 Å². The van der Waals surface area contributed by atoms with Gasteiger partial charge in [-0.25, -0.2) is 0 Å². The Balaban J connectivity index is 1.93. The van der Waals surface area contributed by atoms with Crippen molar-refractivity contribution in [3.05, 3.63) is 59.8 Å². The van der Waals surface area contributed by atoms with Crippen molar-refractivity contribution in [2.24, 2.45) is 0 Å². The first kappa shape index (κ1) is 24.1. The van der Waals surface area contributed by atoms with Crippen LogP contribution in [-0.4, -0.2) is 49.9 Å². The van der Waals surface area contributed by atoms with E-state index in [1.165, 1.54) is 19.2 Å². The lowest BCUT2D eigenvalue weighted by Crippen LogP contribution is -2.34. The lowest BCUT2D eigenvalue weighted by Gasteiger charge is -2.15. The molecule has 0 saturated heterocycles. The van der Waals surface area contributed by atoms with Crippen LogP contribution in [0.3, 0.4) is 0 Å². The van der Waals surface area contributed by atoms with E-state index >= 15 is 0 Å². The van der Waals surface area contributed by atoms with Crippen molar-refractivity contribution in [3.63, 3.8) is 0 Å². The summed E-state index contributed by atoms with van der Waals surface area (Å²) in [6.45, 7) is 2.91. The number of halogens is 3. The van der Waals surface area contributed by atoms with Gasteiger partial charge in [-0.3, -0.25) is 14.5 Å². The maximum Gasteiger partial charge on any atom is 0.573 e. The molecule has 1 aliphatic heterocycles. The minimum atomic E-state index is -4.82. The fraction of sp³-hybridized carbons (Fsp3) is 0.304. The van der Waals surface area contributed by atoms with E-state index in [-0.39, 0.29) is 17.8 Å². The molecule has 1 aliphatic rings. The molecule has 0 unspecified atom stereocenters. The van der Waals surface area contributed by atoms with Crippen LogP contribution in [0, 0.1) is 0 Å². The number of para-hydroxylation sites is 1. The van der Waals surface area contributed by atoms with Gasteiger partial charge in [0, 0.05) is 31.0 Å². The fourth-order valence-corrected chi connectivity index (χ4v) is 3.35. The van der Waals surface area contributed by atoms with Gasteiger partial charge in [0.2, 0.25) is 0 Å². The molecule has 0 fully saturated rings. The van der Waals surface area contributed by atoms with Gasteiger partial charge in [0.25, 0.3) is 11.8 Å². The molecule has 33 heavy (non-hydrogen) atoms. The van der Waals surface area contributed by atoms with E-state index in [1.54, 1.807) is 24.3 Å². The molecule has 2 aromatic carbocycles. The van der Waals surface area contributed by atoms with Crippen molar-refractivity contribution in [1.82, 2.24) is 4.90 Å². The molecule has 2 aromatic rings. The van der Waals surface area contributed by atoms with E-state index in [4.69, 9.17) is 9.47 Å². The Kier molecular flexibility index (Phi) is 7.59. The van der Waals surface area contributed by atoms with E-state index in [0.29, 0.717) is 36.6 Å². The third-order valence-corrected chi connectivity index (χ3v) is 4.78. The van der Waals surface area contributed by atoms with Crippen LogP contribution in [0.5, 0.6) is 11.5 Å². The van der Waals surface area contributed by atoms with Gasteiger partial charge in [-0.2, -0.15) is 0 Å². The van der Waals surface area contributed by atoms with Crippen molar-refractivity contribution < 1.29 is 37.0 Å². The SMILES string of the molecule is CCOCCCN1C(=O)C(Nc2ccc(OC(F)(F)F)cc2)=C(c2ccccc2OC)C1=O. The van der Waals surface area contributed by atoms with E-state index < -0.39 is 23.9 Å². The van der Waals surface area contributed by atoms with E-state index in [0.717, 1.165) is 17.0 Å². The Morgan fingerprint density at radius 3 is 2.33 bits per heavy atom. The first-order chi connectivity index (χ1) is 15.7. The number of rotatable bonds is 10. The zero-order valence-electron chi connectivity index (χ0n) is 18.1. The number of alkyl halides is 3. The highest BCUT2D eigenvalue weighted by molar-refractivity contribution is 6.37. The summed E-state index contributed by atoms with van der Waals surface area (Å²) in [6, 6.07) is 11.6. The number of hydrogen-bond acceptors (Lipinski definition) is 6. The fourth-order valence-electron chi connectivity index (χ4n) is 3.35. The Morgan fingerprint density at radius 1 is 1.00 bits per heavy atom. The molecule has 0 spiro atoms. The summed E-state index contributed by atoms with van der Waals surface area (Å²) in [5.74, 6) is -1.05. The number of carbonyl (C=O) groups excluding carboxylic acids is 2. The Bertz CT molecular complexity index is 1040. The molecule has 1 heterocycles. The summed E-state index contributed by atoms with van der Waals surface area (Å²) in [5, 5.41) is 2.89. The largest absolute Gasteiger partial charge is 0.573 e. The van der Waals surface area contributed by atoms with Crippen LogP contribution in [0.15, 0.2) is 54.2 Å². The summed E-state index contributed by atoms with van der Waals surface area (Å²) >= 11 is 0.